The predicted molar refractivity (Wildman–Crippen MR) is 95.7 cm³/mol. The molecule has 2 saturated heterocycles. The van der Waals surface area contributed by atoms with Crippen molar-refractivity contribution in [1.29, 1.82) is 0 Å². The average molecular weight is 441 g/mol. The lowest BCUT2D eigenvalue weighted by Gasteiger charge is -2.18. The van der Waals surface area contributed by atoms with Crippen LogP contribution in [0.3, 0.4) is 0 Å². The summed E-state index contributed by atoms with van der Waals surface area (Å²) < 4.78 is 91.1. The Kier molecular flexibility index (Phi) is 6.07. The molecular weight excluding hydrogens is 419 g/mol. The summed E-state index contributed by atoms with van der Waals surface area (Å²) >= 11 is 0. The van der Waals surface area contributed by atoms with Gasteiger partial charge in [0.25, 0.3) is 0 Å². The van der Waals surface area contributed by atoms with E-state index in [2.05, 4.69) is 4.72 Å². The summed E-state index contributed by atoms with van der Waals surface area (Å²) in [5.74, 6) is 0. The van der Waals surface area contributed by atoms with Crippen molar-refractivity contribution < 1.29 is 30.0 Å². The Bertz CT molecular complexity index is 896. The van der Waals surface area contributed by atoms with Crippen molar-refractivity contribution in [3.63, 3.8) is 0 Å². The minimum Gasteiger partial charge on any atom is -0.293 e. The molecule has 2 fully saturated rings. The normalized spacial score (nSPS) is 22.8. The Morgan fingerprint density at radius 1 is 0.964 bits per heavy atom. The second-order valence-electron chi connectivity index (χ2n) is 7.04. The number of halogens is 3. The highest BCUT2D eigenvalue weighted by molar-refractivity contribution is 7.89. The van der Waals surface area contributed by atoms with E-state index in [4.69, 9.17) is 0 Å². The maximum atomic E-state index is 12.5. The number of nitrogens with zero attached hydrogens (tertiary/aromatic N) is 2. The highest BCUT2D eigenvalue weighted by atomic mass is 32.2. The molecule has 1 unspecified atom stereocenters. The van der Waals surface area contributed by atoms with Crippen molar-refractivity contribution in [2.45, 2.75) is 41.3 Å². The first-order valence-electron chi connectivity index (χ1n) is 8.89. The van der Waals surface area contributed by atoms with E-state index in [-0.39, 0.29) is 29.3 Å². The van der Waals surface area contributed by atoms with Gasteiger partial charge in [0.1, 0.15) is 0 Å². The SMILES string of the molecule is O=S(=O)(NC1CCN(CC(F)(F)F)C1)c1ccc(S(=O)(=O)N2CCCC2)cc1. The largest absolute Gasteiger partial charge is 0.401 e. The summed E-state index contributed by atoms with van der Waals surface area (Å²) in [5, 5.41) is 0. The maximum Gasteiger partial charge on any atom is 0.401 e. The summed E-state index contributed by atoms with van der Waals surface area (Å²) in [4.78, 5) is 1.05. The smallest absolute Gasteiger partial charge is 0.293 e. The highest BCUT2D eigenvalue weighted by Crippen LogP contribution is 2.23. The zero-order valence-corrected chi connectivity index (χ0v) is 16.7. The molecule has 2 aliphatic heterocycles. The van der Waals surface area contributed by atoms with Crippen LogP contribution in [0.1, 0.15) is 19.3 Å². The lowest BCUT2D eigenvalue weighted by Crippen LogP contribution is -2.39. The molecule has 1 atom stereocenters. The van der Waals surface area contributed by atoms with E-state index in [1.165, 1.54) is 28.6 Å². The molecule has 28 heavy (non-hydrogen) atoms. The van der Waals surface area contributed by atoms with Crippen LogP contribution in [-0.2, 0) is 20.0 Å². The molecule has 12 heteroatoms. The van der Waals surface area contributed by atoms with Crippen LogP contribution >= 0.6 is 0 Å². The third-order valence-electron chi connectivity index (χ3n) is 4.83. The molecule has 0 aromatic heterocycles. The molecule has 7 nitrogen and oxygen atoms in total. The van der Waals surface area contributed by atoms with E-state index in [0.29, 0.717) is 13.1 Å². The van der Waals surface area contributed by atoms with Gasteiger partial charge in [0.2, 0.25) is 20.0 Å². The van der Waals surface area contributed by atoms with Crippen LogP contribution < -0.4 is 4.72 Å². The molecular formula is C16H22F3N3O4S2. The number of sulfonamides is 2. The Balaban J connectivity index is 1.66. The second kappa shape index (κ2) is 7.90. The van der Waals surface area contributed by atoms with E-state index >= 15 is 0 Å². The van der Waals surface area contributed by atoms with Crippen LogP contribution in [0.15, 0.2) is 34.1 Å². The highest BCUT2D eigenvalue weighted by Gasteiger charge is 2.35. The average Bonchev–Trinajstić information content (AvgIpc) is 3.25. The van der Waals surface area contributed by atoms with Crippen LogP contribution in [0.4, 0.5) is 13.2 Å². The van der Waals surface area contributed by atoms with Crippen LogP contribution in [0.5, 0.6) is 0 Å². The van der Waals surface area contributed by atoms with Gasteiger partial charge in [-0.05, 0) is 43.5 Å². The molecule has 0 amide bonds. The standard InChI is InChI=1S/C16H22F3N3O4S2/c17-16(18,19)12-21-10-7-13(11-21)20-27(23,24)14-3-5-15(6-4-14)28(25,26)22-8-1-2-9-22/h3-6,13,20H,1-2,7-12H2. The van der Waals surface area contributed by atoms with Crippen molar-refractivity contribution in [1.82, 2.24) is 13.9 Å². The number of alkyl halides is 3. The van der Waals surface area contributed by atoms with Crippen LogP contribution in [0.25, 0.3) is 0 Å². The third-order valence-corrected chi connectivity index (χ3v) is 8.28. The molecule has 0 spiro atoms. The number of rotatable bonds is 6. The number of benzene rings is 1. The van der Waals surface area contributed by atoms with Gasteiger partial charge in [-0.15, -0.1) is 0 Å². The molecule has 3 rings (SSSR count). The van der Waals surface area contributed by atoms with Gasteiger partial charge >= 0.3 is 6.18 Å². The van der Waals surface area contributed by atoms with E-state index in [1.54, 1.807) is 0 Å². The van der Waals surface area contributed by atoms with Gasteiger partial charge < -0.3 is 0 Å². The summed E-state index contributed by atoms with van der Waals surface area (Å²) in [7, 11) is -7.60. The third kappa shape index (κ3) is 5.03. The van der Waals surface area contributed by atoms with E-state index < -0.39 is 38.8 Å². The van der Waals surface area contributed by atoms with E-state index in [1.807, 2.05) is 0 Å². The minimum atomic E-state index is -4.33. The van der Waals surface area contributed by atoms with Gasteiger partial charge in [-0.3, -0.25) is 4.90 Å². The molecule has 1 aromatic carbocycles. The van der Waals surface area contributed by atoms with Gasteiger partial charge in [0.05, 0.1) is 16.3 Å². The zero-order chi connectivity index (χ0) is 20.6. The lowest BCUT2D eigenvalue weighted by atomic mass is 10.3. The number of hydrogen-bond donors (Lipinski definition) is 1. The first-order valence-corrected chi connectivity index (χ1v) is 11.8. The molecule has 2 aliphatic rings. The summed E-state index contributed by atoms with van der Waals surface area (Å²) in [5.41, 5.74) is 0. The second-order valence-corrected chi connectivity index (χ2v) is 10.7. The van der Waals surface area contributed by atoms with Crippen LogP contribution in [0.2, 0.25) is 0 Å². The van der Waals surface area contributed by atoms with E-state index in [0.717, 1.165) is 17.7 Å². The quantitative estimate of drug-likeness (QED) is 0.721. The number of hydrogen-bond acceptors (Lipinski definition) is 5. The molecule has 158 valence electrons. The molecule has 1 aromatic rings. The molecule has 0 aliphatic carbocycles. The zero-order valence-electron chi connectivity index (χ0n) is 15.0. The molecule has 0 radical (unpaired) electrons. The van der Waals surface area contributed by atoms with Crippen molar-refractivity contribution in [3.8, 4) is 0 Å². The molecule has 2 heterocycles. The van der Waals surface area contributed by atoms with Crippen molar-refractivity contribution >= 4 is 20.0 Å². The van der Waals surface area contributed by atoms with Gasteiger partial charge in [0, 0.05) is 32.2 Å². The number of likely N-dealkylation sites (tertiary alicyclic amines) is 1. The Morgan fingerprint density at radius 3 is 2.11 bits per heavy atom. The van der Waals surface area contributed by atoms with Gasteiger partial charge in [-0.25, -0.2) is 21.6 Å². The first-order chi connectivity index (χ1) is 13.0. The Hall–Kier alpha value is -1.21. The maximum absolute atomic E-state index is 12.5. The van der Waals surface area contributed by atoms with E-state index in [9.17, 15) is 30.0 Å². The molecule has 0 saturated carbocycles. The summed E-state index contributed by atoms with van der Waals surface area (Å²) in [6.07, 6.45) is -2.47. The fraction of sp³-hybridized carbons (Fsp3) is 0.625. The van der Waals surface area contributed by atoms with Crippen LogP contribution in [-0.4, -0.2) is 71.0 Å². The minimum absolute atomic E-state index is 0.0190. The molecule has 1 N–H and O–H groups in total. The topological polar surface area (TPSA) is 86.8 Å². The monoisotopic (exact) mass is 441 g/mol. The van der Waals surface area contributed by atoms with Crippen molar-refractivity contribution in [2.75, 3.05) is 32.7 Å². The Labute approximate surface area is 162 Å². The van der Waals surface area contributed by atoms with Crippen LogP contribution in [0, 0.1) is 0 Å². The Morgan fingerprint density at radius 2 is 1.54 bits per heavy atom. The van der Waals surface area contributed by atoms with Crippen molar-refractivity contribution in [3.05, 3.63) is 24.3 Å². The van der Waals surface area contributed by atoms with Crippen molar-refractivity contribution in [2.24, 2.45) is 0 Å². The number of nitrogens with one attached hydrogen (secondary N) is 1. The summed E-state index contributed by atoms with van der Waals surface area (Å²) in [6.45, 7) is -0.0613. The molecule has 0 bridgehead atoms. The first kappa shape index (κ1) is 21.5. The fourth-order valence-corrected chi connectivity index (χ4v) is 6.26. The fourth-order valence-electron chi connectivity index (χ4n) is 3.48. The predicted octanol–water partition coefficient (Wildman–Crippen LogP) is 1.39. The van der Waals surface area contributed by atoms with Gasteiger partial charge in [0.15, 0.2) is 0 Å². The van der Waals surface area contributed by atoms with Gasteiger partial charge in [-0.1, -0.05) is 0 Å². The lowest BCUT2D eigenvalue weighted by molar-refractivity contribution is -0.143. The summed E-state index contributed by atoms with van der Waals surface area (Å²) in [6, 6.07) is 4.27. The van der Waals surface area contributed by atoms with Gasteiger partial charge in [-0.2, -0.15) is 17.5 Å².